The van der Waals surface area contributed by atoms with Gasteiger partial charge in [0.1, 0.15) is 5.75 Å². The first-order valence-corrected chi connectivity index (χ1v) is 6.34. The van der Waals surface area contributed by atoms with Gasteiger partial charge in [-0.25, -0.2) is 0 Å². The number of phenols is 1. The van der Waals surface area contributed by atoms with E-state index in [0.717, 1.165) is 5.56 Å². The third-order valence-corrected chi connectivity index (χ3v) is 2.77. The first-order chi connectivity index (χ1) is 9.13. The Morgan fingerprint density at radius 2 is 2.16 bits per heavy atom. The molecule has 1 unspecified atom stereocenters. The van der Waals surface area contributed by atoms with Crippen LogP contribution in [0.3, 0.4) is 0 Å². The van der Waals surface area contributed by atoms with Crippen LogP contribution in [0, 0.1) is 0 Å². The molecule has 0 aliphatic rings. The van der Waals surface area contributed by atoms with Crippen molar-refractivity contribution in [1.29, 1.82) is 0 Å². The maximum atomic E-state index is 11.6. The van der Waals surface area contributed by atoms with Crippen molar-refractivity contribution in [1.82, 2.24) is 5.32 Å². The number of carbonyl (C=O) groups is 1. The van der Waals surface area contributed by atoms with Crippen molar-refractivity contribution in [3.8, 4) is 5.75 Å². The van der Waals surface area contributed by atoms with Crippen LogP contribution in [0.15, 0.2) is 24.3 Å². The Balaban J connectivity index is 2.20. The fraction of sp³-hybridized carbons (Fsp3) is 0.500. The largest absolute Gasteiger partial charge is 0.508 e. The summed E-state index contributed by atoms with van der Waals surface area (Å²) in [7, 11) is 1.52. The summed E-state index contributed by atoms with van der Waals surface area (Å²) in [6, 6.07) is 6.98. The third kappa shape index (κ3) is 6.22. The summed E-state index contributed by atoms with van der Waals surface area (Å²) in [5.41, 5.74) is 0.761. The quantitative estimate of drug-likeness (QED) is 0.652. The number of rotatable bonds is 8. The second kappa shape index (κ2) is 8.50. The van der Waals surface area contributed by atoms with E-state index < -0.39 is 6.10 Å². The van der Waals surface area contributed by atoms with Crippen molar-refractivity contribution < 1.29 is 19.7 Å². The molecule has 3 N–H and O–H groups in total. The summed E-state index contributed by atoms with van der Waals surface area (Å²) in [5, 5.41) is 21.7. The highest BCUT2D eigenvalue weighted by Gasteiger charge is 2.07. The molecule has 1 amide bonds. The molecule has 1 aromatic carbocycles. The molecule has 1 rings (SSSR count). The highest BCUT2D eigenvalue weighted by atomic mass is 16.5. The number of ether oxygens (including phenoxy) is 1. The molecular formula is C14H21NO4. The van der Waals surface area contributed by atoms with Gasteiger partial charge >= 0.3 is 0 Å². The van der Waals surface area contributed by atoms with Crippen molar-refractivity contribution in [3.05, 3.63) is 29.8 Å². The predicted molar refractivity (Wildman–Crippen MR) is 71.9 cm³/mol. The number of para-hydroxylation sites is 1. The second-order valence-corrected chi connectivity index (χ2v) is 4.38. The van der Waals surface area contributed by atoms with E-state index in [1.54, 1.807) is 18.2 Å². The minimum Gasteiger partial charge on any atom is -0.508 e. The highest BCUT2D eigenvalue weighted by Crippen LogP contribution is 2.16. The van der Waals surface area contributed by atoms with Gasteiger partial charge in [-0.3, -0.25) is 4.79 Å². The van der Waals surface area contributed by atoms with Gasteiger partial charge in [0.05, 0.1) is 12.7 Å². The van der Waals surface area contributed by atoms with Crippen LogP contribution < -0.4 is 5.32 Å². The van der Waals surface area contributed by atoms with Gasteiger partial charge in [0.2, 0.25) is 5.91 Å². The van der Waals surface area contributed by atoms with Gasteiger partial charge in [-0.1, -0.05) is 18.2 Å². The third-order valence-electron chi connectivity index (χ3n) is 2.77. The Morgan fingerprint density at radius 1 is 1.42 bits per heavy atom. The molecule has 1 aromatic rings. The first-order valence-electron chi connectivity index (χ1n) is 6.34. The van der Waals surface area contributed by atoms with Gasteiger partial charge in [-0.15, -0.1) is 0 Å². The smallest absolute Gasteiger partial charge is 0.220 e. The number of nitrogens with one attached hydrogen (secondary N) is 1. The summed E-state index contributed by atoms with van der Waals surface area (Å²) in [5.74, 6) is 0.124. The van der Waals surface area contributed by atoms with Crippen molar-refractivity contribution >= 4 is 5.91 Å². The van der Waals surface area contributed by atoms with E-state index in [2.05, 4.69) is 5.32 Å². The molecule has 0 fully saturated rings. The molecule has 0 spiro atoms. The number of methoxy groups -OCH3 is 1. The number of amides is 1. The van der Waals surface area contributed by atoms with Gasteiger partial charge in [-0.2, -0.15) is 0 Å². The molecule has 0 radical (unpaired) electrons. The lowest BCUT2D eigenvalue weighted by molar-refractivity contribution is -0.121. The molecule has 106 valence electrons. The molecule has 5 heteroatoms. The van der Waals surface area contributed by atoms with E-state index in [-0.39, 0.29) is 18.3 Å². The molecule has 0 aromatic heterocycles. The average Bonchev–Trinajstić information content (AvgIpc) is 2.38. The number of carbonyl (C=O) groups excluding carboxylic acids is 1. The average molecular weight is 267 g/mol. The van der Waals surface area contributed by atoms with Crippen LogP contribution in [-0.4, -0.2) is 42.5 Å². The van der Waals surface area contributed by atoms with E-state index >= 15 is 0 Å². The first kappa shape index (κ1) is 15.5. The summed E-state index contributed by atoms with van der Waals surface area (Å²) < 4.78 is 4.79. The predicted octanol–water partition coefficient (Wildman–Crippen LogP) is 0.838. The molecule has 0 bridgehead atoms. The van der Waals surface area contributed by atoms with Crippen LogP contribution in [0.2, 0.25) is 0 Å². The van der Waals surface area contributed by atoms with Crippen LogP contribution in [-0.2, 0) is 16.0 Å². The number of hydrogen-bond donors (Lipinski definition) is 3. The minimum atomic E-state index is -0.552. The van der Waals surface area contributed by atoms with E-state index in [1.807, 2.05) is 6.07 Å². The van der Waals surface area contributed by atoms with Crippen molar-refractivity contribution in [2.45, 2.75) is 25.4 Å². The van der Waals surface area contributed by atoms with E-state index in [4.69, 9.17) is 4.74 Å². The highest BCUT2D eigenvalue weighted by molar-refractivity contribution is 5.76. The van der Waals surface area contributed by atoms with Crippen LogP contribution in [0.4, 0.5) is 0 Å². The van der Waals surface area contributed by atoms with Crippen LogP contribution in [0.1, 0.15) is 18.4 Å². The van der Waals surface area contributed by atoms with E-state index in [9.17, 15) is 15.0 Å². The number of hydrogen-bond acceptors (Lipinski definition) is 4. The lowest BCUT2D eigenvalue weighted by atomic mass is 10.1. The zero-order valence-corrected chi connectivity index (χ0v) is 11.1. The molecule has 0 aliphatic carbocycles. The van der Waals surface area contributed by atoms with Gasteiger partial charge in [-0.05, 0) is 24.5 Å². The summed E-state index contributed by atoms with van der Waals surface area (Å²) in [6.45, 7) is 0.692. The monoisotopic (exact) mass is 267 g/mol. The molecule has 19 heavy (non-hydrogen) atoms. The number of phenolic OH excluding ortho intramolecular Hbond substituents is 1. The topological polar surface area (TPSA) is 78.8 Å². The zero-order valence-electron chi connectivity index (χ0n) is 11.1. The Kier molecular flexibility index (Phi) is 6.92. The number of aromatic hydroxyl groups is 1. The Bertz CT molecular complexity index is 395. The normalized spacial score (nSPS) is 12.1. The maximum absolute atomic E-state index is 11.6. The number of aryl methyl sites for hydroxylation is 1. The summed E-state index contributed by atoms with van der Waals surface area (Å²) in [6.07, 6.45) is 0.733. The van der Waals surface area contributed by atoms with Gasteiger partial charge < -0.3 is 20.3 Å². The lowest BCUT2D eigenvalue weighted by Crippen LogP contribution is -2.28. The standard InChI is InChI=1S/C14H21NO4/c1-19-10-12(16)8-9-15-14(18)7-6-11-4-2-3-5-13(11)17/h2-5,12,16-17H,6-10H2,1H3,(H,15,18). The minimum absolute atomic E-state index is 0.0899. The fourth-order valence-electron chi connectivity index (χ4n) is 1.71. The molecule has 5 nitrogen and oxygen atoms in total. The molecule has 0 saturated carbocycles. The molecular weight excluding hydrogens is 246 g/mol. The number of benzene rings is 1. The van der Waals surface area contributed by atoms with Crippen LogP contribution in [0.25, 0.3) is 0 Å². The van der Waals surface area contributed by atoms with E-state index in [0.29, 0.717) is 25.8 Å². The summed E-state index contributed by atoms with van der Waals surface area (Å²) >= 11 is 0. The molecule has 0 aliphatic heterocycles. The maximum Gasteiger partial charge on any atom is 0.220 e. The fourth-order valence-corrected chi connectivity index (χ4v) is 1.71. The van der Waals surface area contributed by atoms with E-state index in [1.165, 1.54) is 7.11 Å². The molecule has 0 heterocycles. The lowest BCUT2D eigenvalue weighted by Gasteiger charge is -2.10. The Morgan fingerprint density at radius 3 is 2.84 bits per heavy atom. The van der Waals surface area contributed by atoms with Crippen LogP contribution >= 0.6 is 0 Å². The Hall–Kier alpha value is -1.59. The molecule has 0 saturated heterocycles. The zero-order chi connectivity index (χ0) is 14.1. The number of aliphatic hydroxyl groups is 1. The Labute approximate surface area is 113 Å². The van der Waals surface area contributed by atoms with Crippen molar-refractivity contribution in [2.24, 2.45) is 0 Å². The number of aliphatic hydroxyl groups excluding tert-OH is 1. The van der Waals surface area contributed by atoms with Gasteiger partial charge in [0.25, 0.3) is 0 Å². The second-order valence-electron chi connectivity index (χ2n) is 4.38. The summed E-state index contributed by atoms with van der Waals surface area (Å²) in [4.78, 5) is 11.6. The van der Waals surface area contributed by atoms with Gasteiger partial charge in [0, 0.05) is 20.1 Å². The van der Waals surface area contributed by atoms with Crippen molar-refractivity contribution in [3.63, 3.8) is 0 Å². The molecule has 1 atom stereocenters. The van der Waals surface area contributed by atoms with Gasteiger partial charge in [0.15, 0.2) is 0 Å². The van der Waals surface area contributed by atoms with Crippen LogP contribution in [0.5, 0.6) is 5.75 Å². The van der Waals surface area contributed by atoms with Crippen molar-refractivity contribution in [2.75, 3.05) is 20.3 Å². The SMILES string of the molecule is COCC(O)CCNC(=O)CCc1ccccc1O.